The third kappa shape index (κ3) is 4.72. The molecule has 0 saturated carbocycles. The summed E-state index contributed by atoms with van der Waals surface area (Å²) < 4.78 is 7.85. The van der Waals surface area contributed by atoms with Gasteiger partial charge in [0.05, 0.1) is 0 Å². The Morgan fingerprint density at radius 2 is 1.80 bits per heavy atom. The SMILES string of the molecule is CC.Cc1cc2nccnc2n1COCC[Si](C)(C)C. The first-order valence-corrected chi connectivity index (χ1v) is 11.0. The molecule has 0 saturated heterocycles. The van der Waals surface area contributed by atoms with Crippen molar-refractivity contribution in [2.45, 2.75) is 53.2 Å². The lowest BCUT2D eigenvalue weighted by atomic mass is 10.4. The topological polar surface area (TPSA) is 39.9 Å². The van der Waals surface area contributed by atoms with Crippen LogP contribution in [0.15, 0.2) is 18.5 Å². The number of ether oxygens (including phenoxy) is 1. The molecule has 112 valence electrons. The van der Waals surface area contributed by atoms with Crippen molar-refractivity contribution in [3.63, 3.8) is 0 Å². The number of hydrogen-bond acceptors (Lipinski definition) is 3. The lowest BCUT2D eigenvalue weighted by molar-refractivity contribution is 0.0886. The Morgan fingerprint density at radius 1 is 1.15 bits per heavy atom. The quantitative estimate of drug-likeness (QED) is 0.616. The van der Waals surface area contributed by atoms with E-state index >= 15 is 0 Å². The van der Waals surface area contributed by atoms with E-state index in [9.17, 15) is 0 Å². The van der Waals surface area contributed by atoms with E-state index < -0.39 is 8.07 Å². The first-order chi connectivity index (χ1) is 9.47. The summed E-state index contributed by atoms with van der Waals surface area (Å²) in [4.78, 5) is 8.66. The summed E-state index contributed by atoms with van der Waals surface area (Å²) in [6, 6.07) is 3.24. The zero-order valence-electron chi connectivity index (χ0n) is 13.6. The first kappa shape index (κ1) is 16.9. The Hall–Kier alpha value is -1.20. The van der Waals surface area contributed by atoms with Crippen LogP contribution in [-0.2, 0) is 11.5 Å². The molecule has 0 fully saturated rings. The predicted octanol–water partition coefficient (Wildman–Crippen LogP) is 4.08. The van der Waals surface area contributed by atoms with Gasteiger partial charge in [-0.2, -0.15) is 0 Å². The van der Waals surface area contributed by atoms with Gasteiger partial charge in [0.2, 0.25) is 0 Å². The molecule has 0 aromatic carbocycles. The number of fused-ring (bicyclic) bond motifs is 1. The van der Waals surface area contributed by atoms with Crippen LogP contribution >= 0.6 is 0 Å². The monoisotopic (exact) mass is 293 g/mol. The van der Waals surface area contributed by atoms with Crippen molar-refractivity contribution < 1.29 is 4.74 Å². The number of nitrogens with zero attached hydrogens (tertiary/aromatic N) is 3. The molecule has 0 atom stereocenters. The third-order valence-corrected chi connectivity index (χ3v) is 4.65. The van der Waals surface area contributed by atoms with Gasteiger partial charge < -0.3 is 9.30 Å². The maximum atomic E-state index is 5.77. The molecule has 5 heteroatoms. The molecule has 20 heavy (non-hydrogen) atoms. The van der Waals surface area contributed by atoms with Gasteiger partial charge in [-0.1, -0.05) is 33.5 Å². The van der Waals surface area contributed by atoms with Crippen molar-refractivity contribution in [1.29, 1.82) is 0 Å². The fourth-order valence-corrected chi connectivity index (χ4v) is 2.55. The van der Waals surface area contributed by atoms with Crippen LogP contribution in [0.25, 0.3) is 11.2 Å². The second-order valence-electron chi connectivity index (χ2n) is 5.83. The molecule has 0 radical (unpaired) electrons. The summed E-state index contributed by atoms with van der Waals surface area (Å²) in [6.45, 7) is 14.5. The van der Waals surface area contributed by atoms with Gasteiger partial charge in [0.15, 0.2) is 5.65 Å². The highest BCUT2D eigenvalue weighted by Gasteiger charge is 2.12. The molecule has 2 aromatic heterocycles. The molecule has 0 unspecified atom stereocenters. The predicted molar refractivity (Wildman–Crippen MR) is 87.7 cm³/mol. The van der Waals surface area contributed by atoms with E-state index in [0.29, 0.717) is 6.73 Å². The van der Waals surface area contributed by atoms with E-state index in [0.717, 1.165) is 23.5 Å². The summed E-state index contributed by atoms with van der Waals surface area (Å²) >= 11 is 0. The van der Waals surface area contributed by atoms with Crippen LogP contribution in [0.3, 0.4) is 0 Å². The van der Waals surface area contributed by atoms with E-state index in [1.165, 1.54) is 6.04 Å². The molecule has 0 aliphatic rings. The van der Waals surface area contributed by atoms with Crippen molar-refractivity contribution in [3.05, 3.63) is 24.2 Å². The zero-order chi connectivity index (χ0) is 15.2. The van der Waals surface area contributed by atoms with Gasteiger partial charge in [0.1, 0.15) is 12.2 Å². The van der Waals surface area contributed by atoms with Gasteiger partial charge in [-0.25, -0.2) is 4.98 Å². The van der Waals surface area contributed by atoms with Crippen molar-refractivity contribution in [3.8, 4) is 0 Å². The van der Waals surface area contributed by atoms with Crippen molar-refractivity contribution in [2.75, 3.05) is 6.61 Å². The van der Waals surface area contributed by atoms with Crippen LogP contribution in [0.1, 0.15) is 19.5 Å². The van der Waals surface area contributed by atoms with E-state index in [2.05, 4.69) is 41.1 Å². The second kappa shape index (κ2) is 7.55. The number of aromatic nitrogens is 3. The minimum Gasteiger partial charge on any atom is -0.361 e. The van der Waals surface area contributed by atoms with Gasteiger partial charge >= 0.3 is 0 Å². The lowest BCUT2D eigenvalue weighted by Crippen LogP contribution is -2.22. The first-order valence-electron chi connectivity index (χ1n) is 7.32. The molecule has 2 heterocycles. The summed E-state index contributed by atoms with van der Waals surface area (Å²) in [7, 11) is -1.01. The van der Waals surface area contributed by atoms with E-state index in [-0.39, 0.29) is 0 Å². The average molecular weight is 293 g/mol. The van der Waals surface area contributed by atoms with Gasteiger partial charge in [-0.3, -0.25) is 4.98 Å². The molecule has 4 nitrogen and oxygen atoms in total. The third-order valence-electron chi connectivity index (χ3n) is 2.95. The molecular formula is C15H27N3OSi. The van der Waals surface area contributed by atoms with Gasteiger partial charge in [0, 0.05) is 32.8 Å². The van der Waals surface area contributed by atoms with E-state index in [4.69, 9.17) is 4.74 Å². The fraction of sp³-hybridized carbons (Fsp3) is 0.600. The van der Waals surface area contributed by atoms with Crippen LogP contribution < -0.4 is 0 Å². The number of aryl methyl sites for hydroxylation is 1. The van der Waals surface area contributed by atoms with Gasteiger partial charge in [0.25, 0.3) is 0 Å². The molecular weight excluding hydrogens is 266 g/mol. The van der Waals surface area contributed by atoms with Gasteiger partial charge in [-0.15, -0.1) is 0 Å². The molecule has 0 N–H and O–H groups in total. The fourth-order valence-electron chi connectivity index (χ4n) is 1.79. The van der Waals surface area contributed by atoms with E-state index in [1.807, 2.05) is 19.9 Å². The highest BCUT2D eigenvalue weighted by molar-refractivity contribution is 6.76. The Bertz CT molecular complexity index is 531. The van der Waals surface area contributed by atoms with Crippen LogP contribution in [0, 0.1) is 6.92 Å². The molecule has 2 rings (SSSR count). The Kier molecular flexibility index (Phi) is 6.36. The summed E-state index contributed by atoms with van der Waals surface area (Å²) in [5.74, 6) is 0. The summed E-state index contributed by atoms with van der Waals surface area (Å²) in [6.07, 6.45) is 3.44. The lowest BCUT2D eigenvalue weighted by Gasteiger charge is -2.16. The standard InChI is InChI=1S/C13H21N3OSi.C2H6/c1-11-9-12-13(15-6-5-14-12)16(11)10-17-7-8-18(2,3)4;1-2/h5-6,9H,7-8,10H2,1-4H3;1-2H3. The van der Waals surface area contributed by atoms with Crippen LogP contribution in [0.4, 0.5) is 0 Å². The summed E-state index contributed by atoms with van der Waals surface area (Å²) in [5.41, 5.74) is 2.98. The molecule has 0 spiro atoms. The highest BCUT2D eigenvalue weighted by atomic mass is 28.3. The Balaban J connectivity index is 0.000000956. The molecule has 2 aromatic rings. The Labute approximate surface area is 123 Å². The average Bonchev–Trinajstić information content (AvgIpc) is 2.72. The zero-order valence-corrected chi connectivity index (χ0v) is 14.6. The largest absolute Gasteiger partial charge is 0.361 e. The van der Waals surface area contributed by atoms with Gasteiger partial charge in [-0.05, 0) is 19.0 Å². The maximum absolute atomic E-state index is 5.77. The second-order valence-corrected chi connectivity index (χ2v) is 11.4. The normalized spacial score (nSPS) is 11.3. The van der Waals surface area contributed by atoms with Crippen LogP contribution in [0.2, 0.25) is 25.7 Å². The minimum atomic E-state index is -1.01. The maximum Gasteiger partial charge on any atom is 0.160 e. The highest BCUT2D eigenvalue weighted by Crippen LogP contribution is 2.15. The minimum absolute atomic E-state index is 0.568. The smallest absolute Gasteiger partial charge is 0.160 e. The molecule has 0 aliphatic carbocycles. The Morgan fingerprint density at radius 3 is 2.45 bits per heavy atom. The molecule has 0 bridgehead atoms. The number of rotatable bonds is 5. The molecule has 0 amide bonds. The van der Waals surface area contributed by atoms with Crippen LogP contribution in [-0.4, -0.2) is 29.2 Å². The van der Waals surface area contributed by atoms with Crippen molar-refractivity contribution in [1.82, 2.24) is 14.5 Å². The molecule has 0 aliphatic heterocycles. The van der Waals surface area contributed by atoms with E-state index in [1.54, 1.807) is 12.4 Å². The van der Waals surface area contributed by atoms with Crippen LogP contribution in [0.5, 0.6) is 0 Å². The van der Waals surface area contributed by atoms with Crippen molar-refractivity contribution >= 4 is 19.2 Å². The summed E-state index contributed by atoms with van der Waals surface area (Å²) in [5, 5.41) is 0. The number of hydrogen-bond donors (Lipinski definition) is 0. The van der Waals surface area contributed by atoms with Crippen molar-refractivity contribution in [2.24, 2.45) is 0 Å².